The minimum absolute atomic E-state index is 0.0724. The Labute approximate surface area is 182 Å². The minimum atomic E-state index is -0.206. The van der Waals surface area contributed by atoms with Gasteiger partial charge in [0.05, 0.1) is 5.92 Å². The molecule has 1 aliphatic carbocycles. The van der Waals surface area contributed by atoms with Crippen LogP contribution < -0.4 is 15.4 Å². The van der Waals surface area contributed by atoms with Crippen LogP contribution >= 0.6 is 11.6 Å². The molecule has 1 heterocycles. The molecule has 0 spiro atoms. The first-order chi connectivity index (χ1) is 14.6. The summed E-state index contributed by atoms with van der Waals surface area (Å²) in [5.74, 6) is 0.440. The van der Waals surface area contributed by atoms with Gasteiger partial charge >= 0.3 is 0 Å². The first-order valence-corrected chi connectivity index (χ1v) is 11.1. The van der Waals surface area contributed by atoms with E-state index in [1.54, 1.807) is 24.3 Å². The van der Waals surface area contributed by atoms with Gasteiger partial charge in [-0.15, -0.1) is 0 Å². The van der Waals surface area contributed by atoms with E-state index >= 15 is 0 Å². The summed E-state index contributed by atoms with van der Waals surface area (Å²) in [6.45, 7) is 0.391. The van der Waals surface area contributed by atoms with E-state index in [2.05, 4.69) is 10.6 Å². The number of amides is 2. The lowest BCUT2D eigenvalue weighted by Crippen LogP contribution is -2.42. The van der Waals surface area contributed by atoms with E-state index in [-0.39, 0.29) is 23.8 Å². The van der Waals surface area contributed by atoms with Crippen LogP contribution in [0.2, 0.25) is 5.02 Å². The number of carbonyl (C=O) groups excluding carboxylic acids is 2. The van der Waals surface area contributed by atoms with Crippen molar-refractivity contribution in [3.05, 3.63) is 58.6 Å². The van der Waals surface area contributed by atoms with Crippen molar-refractivity contribution in [2.45, 2.75) is 51.0 Å². The molecule has 2 aromatic rings. The summed E-state index contributed by atoms with van der Waals surface area (Å²) in [6.07, 6.45) is 7.64. The number of ether oxygens (including phenoxy) is 1. The molecule has 158 valence electrons. The Kier molecular flexibility index (Phi) is 6.58. The van der Waals surface area contributed by atoms with Gasteiger partial charge in [0.1, 0.15) is 12.4 Å². The monoisotopic (exact) mass is 426 g/mol. The van der Waals surface area contributed by atoms with Crippen molar-refractivity contribution >= 4 is 29.1 Å². The van der Waals surface area contributed by atoms with Gasteiger partial charge in [-0.3, -0.25) is 9.59 Å². The molecule has 1 atom stereocenters. The van der Waals surface area contributed by atoms with Gasteiger partial charge in [-0.05, 0) is 67.3 Å². The Morgan fingerprint density at radius 3 is 2.43 bits per heavy atom. The standard InChI is InChI=1S/C24H27ClN2O3/c25-19-9-7-16(8-10-19)23(28)27-21-11-12-22-17(14-21)13-18(15-30-22)24(29)26-20-5-3-1-2-4-6-20/h7-12,14,18,20H,1-6,13,15H2,(H,26,29)(H,27,28)/t18-/m1/s1. The van der Waals surface area contributed by atoms with Crippen LogP contribution in [-0.2, 0) is 11.2 Å². The first kappa shape index (κ1) is 20.7. The quantitative estimate of drug-likeness (QED) is 0.677. The van der Waals surface area contributed by atoms with Gasteiger partial charge in [-0.1, -0.05) is 37.3 Å². The van der Waals surface area contributed by atoms with E-state index in [1.807, 2.05) is 18.2 Å². The first-order valence-electron chi connectivity index (χ1n) is 10.7. The summed E-state index contributed by atoms with van der Waals surface area (Å²) < 4.78 is 5.84. The third kappa shape index (κ3) is 5.14. The van der Waals surface area contributed by atoms with Gasteiger partial charge in [-0.2, -0.15) is 0 Å². The average Bonchev–Trinajstić information content (AvgIpc) is 3.02. The SMILES string of the molecule is O=C(Nc1ccc2c(c1)C[C@@H](C(=O)NC1CCCCCC1)CO2)c1ccc(Cl)cc1. The van der Waals surface area contributed by atoms with E-state index in [1.165, 1.54) is 25.7 Å². The molecule has 5 nitrogen and oxygen atoms in total. The molecule has 1 fully saturated rings. The summed E-state index contributed by atoms with van der Waals surface area (Å²) in [5, 5.41) is 6.73. The maximum absolute atomic E-state index is 12.8. The molecule has 0 saturated heterocycles. The smallest absolute Gasteiger partial charge is 0.255 e. The molecule has 0 aromatic heterocycles. The highest BCUT2D eigenvalue weighted by atomic mass is 35.5. The van der Waals surface area contributed by atoms with Crippen LogP contribution in [0.3, 0.4) is 0 Å². The zero-order valence-corrected chi connectivity index (χ0v) is 17.7. The fourth-order valence-electron chi connectivity index (χ4n) is 4.19. The predicted molar refractivity (Wildman–Crippen MR) is 118 cm³/mol. The summed E-state index contributed by atoms with van der Waals surface area (Å²) in [6, 6.07) is 12.6. The lowest BCUT2D eigenvalue weighted by atomic mass is 9.95. The second-order valence-corrected chi connectivity index (χ2v) is 8.63. The van der Waals surface area contributed by atoms with Crippen molar-refractivity contribution in [1.29, 1.82) is 0 Å². The lowest BCUT2D eigenvalue weighted by Gasteiger charge is -2.27. The topological polar surface area (TPSA) is 67.4 Å². The largest absolute Gasteiger partial charge is 0.492 e. The molecule has 2 N–H and O–H groups in total. The number of anilines is 1. The number of fused-ring (bicyclic) bond motifs is 1. The highest BCUT2D eigenvalue weighted by Gasteiger charge is 2.28. The van der Waals surface area contributed by atoms with Crippen molar-refractivity contribution < 1.29 is 14.3 Å². The van der Waals surface area contributed by atoms with Crippen LogP contribution in [0, 0.1) is 5.92 Å². The van der Waals surface area contributed by atoms with E-state index in [4.69, 9.17) is 16.3 Å². The van der Waals surface area contributed by atoms with Gasteiger partial charge in [0.25, 0.3) is 5.91 Å². The second kappa shape index (κ2) is 9.52. The normalized spacial score (nSPS) is 19.2. The third-order valence-corrected chi connectivity index (χ3v) is 6.16. The number of halogens is 1. The summed E-state index contributed by atoms with van der Waals surface area (Å²) in [4.78, 5) is 25.3. The molecule has 30 heavy (non-hydrogen) atoms. The fourth-order valence-corrected chi connectivity index (χ4v) is 4.31. The van der Waals surface area contributed by atoms with Crippen molar-refractivity contribution in [2.24, 2.45) is 5.92 Å². The Morgan fingerprint density at radius 2 is 1.70 bits per heavy atom. The zero-order valence-electron chi connectivity index (χ0n) is 17.0. The Balaban J connectivity index is 1.39. The van der Waals surface area contributed by atoms with Crippen molar-refractivity contribution in [3.8, 4) is 5.75 Å². The molecule has 1 aliphatic heterocycles. The van der Waals surface area contributed by atoms with Crippen LogP contribution in [-0.4, -0.2) is 24.5 Å². The van der Waals surface area contributed by atoms with Crippen molar-refractivity contribution in [3.63, 3.8) is 0 Å². The molecule has 2 amide bonds. The highest BCUT2D eigenvalue weighted by molar-refractivity contribution is 6.30. The molecule has 1 saturated carbocycles. The minimum Gasteiger partial charge on any atom is -0.492 e. The molecule has 0 radical (unpaired) electrons. The summed E-state index contributed by atoms with van der Waals surface area (Å²) >= 11 is 5.89. The second-order valence-electron chi connectivity index (χ2n) is 8.19. The fraction of sp³-hybridized carbons (Fsp3) is 0.417. The highest BCUT2D eigenvalue weighted by Crippen LogP contribution is 2.30. The van der Waals surface area contributed by atoms with Gasteiger partial charge in [-0.25, -0.2) is 0 Å². The van der Waals surface area contributed by atoms with E-state index in [9.17, 15) is 9.59 Å². The van der Waals surface area contributed by atoms with Crippen molar-refractivity contribution in [2.75, 3.05) is 11.9 Å². The molecule has 6 heteroatoms. The van der Waals surface area contributed by atoms with Crippen LogP contribution in [0.25, 0.3) is 0 Å². The van der Waals surface area contributed by atoms with Crippen LogP contribution in [0.4, 0.5) is 5.69 Å². The number of benzene rings is 2. The average molecular weight is 427 g/mol. The van der Waals surface area contributed by atoms with E-state index in [0.29, 0.717) is 29.3 Å². The molecular weight excluding hydrogens is 400 g/mol. The lowest BCUT2D eigenvalue weighted by molar-refractivity contribution is -0.127. The summed E-state index contributed by atoms with van der Waals surface area (Å²) in [5.41, 5.74) is 2.16. The Hall–Kier alpha value is -2.53. The van der Waals surface area contributed by atoms with Crippen LogP contribution in [0.5, 0.6) is 5.75 Å². The van der Waals surface area contributed by atoms with Crippen molar-refractivity contribution in [1.82, 2.24) is 5.32 Å². The van der Waals surface area contributed by atoms with E-state index < -0.39 is 0 Å². The number of nitrogens with one attached hydrogen (secondary N) is 2. The van der Waals surface area contributed by atoms with Gasteiger partial charge in [0.15, 0.2) is 0 Å². The molecule has 4 rings (SSSR count). The maximum Gasteiger partial charge on any atom is 0.255 e. The number of carbonyl (C=O) groups is 2. The molecular formula is C24H27ClN2O3. The maximum atomic E-state index is 12.8. The van der Waals surface area contributed by atoms with E-state index in [0.717, 1.165) is 24.2 Å². The van der Waals surface area contributed by atoms with Crippen LogP contribution in [0.15, 0.2) is 42.5 Å². The Bertz CT molecular complexity index is 905. The number of rotatable bonds is 4. The van der Waals surface area contributed by atoms with Gasteiger partial charge in [0, 0.05) is 22.3 Å². The van der Waals surface area contributed by atoms with Gasteiger partial charge < -0.3 is 15.4 Å². The van der Waals surface area contributed by atoms with Gasteiger partial charge in [0.2, 0.25) is 5.91 Å². The summed E-state index contributed by atoms with van der Waals surface area (Å²) in [7, 11) is 0. The predicted octanol–water partition coefficient (Wildman–Crippen LogP) is 4.98. The van der Waals surface area contributed by atoms with Crippen LogP contribution in [0.1, 0.15) is 54.4 Å². The zero-order chi connectivity index (χ0) is 20.9. The molecule has 0 unspecified atom stereocenters. The number of hydrogen-bond acceptors (Lipinski definition) is 3. The Morgan fingerprint density at radius 1 is 0.967 bits per heavy atom. The number of hydrogen-bond donors (Lipinski definition) is 2. The molecule has 0 bridgehead atoms. The molecule has 2 aliphatic rings. The third-order valence-electron chi connectivity index (χ3n) is 5.90. The molecule has 2 aromatic carbocycles.